The molecule has 8 nitrogen and oxygen atoms in total. The molecule has 2 aromatic heterocycles. The number of benzene rings is 2. The van der Waals surface area contributed by atoms with Crippen LogP contribution in [0.2, 0.25) is 0 Å². The molecule has 0 radical (unpaired) electrons. The van der Waals surface area contributed by atoms with Crippen LogP contribution in [0.3, 0.4) is 0 Å². The first-order valence-electron chi connectivity index (χ1n) is 16.6. The highest BCUT2D eigenvalue weighted by atomic mass is 16.5. The Hall–Kier alpha value is -4.43. The summed E-state index contributed by atoms with van der Waals surface area (Å²) >= 11 is 0. The van der Waals surface area contributed by atoms with Gasteiger partial charge in [0.2, 0.25) is 0 Å². The molecule has 0 saturated carbocycles. The van der Waals surface area contributed by atoms with Gasteiger partial charge in [0, 0.05) is 35.9 Å². The van der Waals surface area contributed by atoms with E-state index in [-0.39, 0.29) is 23.1 Å². The lowest BCUT2D eigenvalue weighted by Crippen LogP contribution is -2.30. The largest absolute Gasteiger partial charge is 0.492 e. The average Bonchev–Trinajstić information content (AvgIpc) is 3.56. The second-order valence-electron chi connectivity index (χ2n) is 12.6. The molecule has 8 heteroatoms. The first-order chi connectivity index (χ1) is 22.3. The summed E-state index contributed by atoms with van der Waals surface area (Å²) in [5.41, 5.74) is 4.75. The number of hydrogen-bond donors (Lipinski definition) is 2. The summed E-state index contributed by atoms with van der Waals surface area (Å²) < 4.78 is 7.85. The quantitative estimate of drug-likeness (QED) is 0.116. The zero-order chi connectivity index (χ0) is 32.6. The Morgan fingerprint density at radius 1 is 0.957 bits per heavy atom. The standard InChI is InChI=1S/C38H47N5O3/c1-6-7-8-22-43-36-32(18-13-19-39-36)33(28-14-11-15-29(25-28)46-24-23-42-20-9-10-21-42)35(37(43)44)41-38(45)40-34-30(26(2)3)16-12-17-31(34)27(4)5/h6,11-19,25-27H,1,7-10,20-24H2,2-5H3,(H2,40,41,45). The van der Waals surface area contributed by atoms with Crippen molar-refractivity contribution in [3.63, 3.8) is 0 Å². The predicted octanol–water partition coefficient (Wildman–Crippen LogP) is 8.40. The first kappa shape index (κ1) is 32.9. The molecule has 46 heavy (non-hydrogen) atoms. The Balaban J connectivity index is 1.57. The van der Waals surface area contributed by atoms with Crippen molar-refractivity contribution in [1.82, 2.24) is 14.5 Å². The number of urea groups is 1. The van der Waals surface area contributed by atoms with Gasteiger partial charge < -0.3 is 15.4 Å². The molecule has 5 rings (SSSR count). The van der Waals surface area contributed by atoms with E-state index < -0.39 is 6.03 Å². The zero-order valence-corrected chi connectivity index (χ0v) is 27.6. The lowest BCUT2D eigenvalue weighted by molar-refractivity contribution is 0.238. The Labute approximate surface area is 272 Å². The topological polar surface area (TPSA) is 88.5 Å². The van der Waals surface area contributed by atoms with Crippen molar-refractivity contribution in [2.45, 2.75) is 71.8 Å². The van der Waals surface area contributed by atoms with E-state index in [0.717, 1.165) is 60.2 Å². The maximum Gasteiger partial charge on any atom is 0.323 e. The first-order valence-corrected chi connectivity index (χ1v) is 16.6. The number of pyridine rings is 2. The lowest BCUT2D eigenvalue weighted by Gasteiger charge is -2.22. The van der Waals surface area contributed by atoms with Crippen molar-refractivity contribution < 1.29 is 9.53 Å². The Bertz CT molecular complexity index is 1710. The number of ether oxygens (including phenoxy) is 1. The monoisotopic (exact) mass is 621 g/mol. The third-order valence-corrected chi connectivity index (χ3v) is 8.66. The van der Waals surface area contributed by atoms with Crippen molar-refractivity contribution >= 4 is 28.4 Å². The lowest BCUT2D eigenvalue weighted by atomic mass is 9.93. The number of amides is 2. The van der Waals surface area contributed by atoms with E-state index in [0.29, 0.717) is 30.1 Å². The molecular formula is C38H47N5O3. The molecule has 1 fully saturated rings. The van der Waals surface area contributed by atoms with Crippen molar-refractivity contribution in [2.75, 3.05) is 36.9 Å². The number of anilines is 2. The van der Waals surface area contributed by atoms with E-state index in [1.54, 1.807) is 10.8 Å². The van der Waals surface area contributed by atoms with E-state index in [1.165, 1.54) is 12.8 Å². The fourth-order valence-corrected chi connectivity index (χ4v) is 6.29. The summed E-state index contributed by atoms with van der Waals surface area (Å²) in [6.45, 7) is 16.4. The van der Waals surface area contributed by atoms with Gasteiger partial charge in [-0.05, 0) is 91.6 Å². The van der Waals surface area contributed by atoms with E-state index >= 15 is 0 Å². The molecule has 2 aromatic carbocycles. The molecular weight excluding hydrogens is 574 g/mol. The molecule has 1 aliphatic rings. The van der Waals surface area contributed by atoms with Crippen molar-refractivity contribution in [3.05, 3.63) is 94.9 Å². The molecule has 1 saturated heterocycles. The third kappa shape index (κ3) is 7.50. The number of hydrogen-bond acceptors (Lipinski definition) is 5. The minimum absolute atomic E-state index is 0.201. The number of aromatic nitrogens is 2. The Kier molecular flexibility index (Phi) is 10.9. The number of likely N-dealkylation sites (tertiary alicyclic amines) is 1. The fourth-order valence-electron chi connectivity index (χ4n) is 6.29. The van der Waals surface area contributed by atoms with Gasteiger partial charge in [-0.2, -0.15) is 0 Å². The van der Waals surface area contributed by atoms with Crippen LogP contribution in [0.5, 0.6) is 5.75 Å². The number of nitrogens with zero attached hydrogens (tertiary/aromatic N) is 3. The molecule has 0 spiro atoms. The Morgan fingerprint density at radius 3 is 2.35 bits per heavy atom. The number of carbonyl (C=O) groups excluding carboxylic acids is 1. The highest BCUT2D eigenvalue weighted by molar-refractivity contribution is 6.07. The summed E-state index contributed by atoms with van der Waals surface area (Å²) in [5.74, 6) is 1.12. The van der Waals surface area contributed by atoms with Gasteiger partial charge in [0.1, 0.15) is 23.7 Å². The number of carbonyl (C=O) groups is 1. The summed E-state index contributed by atoms with van der Waals surface area (Å²) in [4.78, 5) is 35.3. The highest BCUT2D eigenvalue weighted by Gasteiger charge is 2.23. The minimum atomic E-state index is -0.466. The molecule has 2 amide bonds. The van der Waals surface area contributed by atoms with Crippen molar-refractivity contribution in [3.8, 4) is 16.9 Å². The second kappa shape index (κ2) is 15.2. The summed E-state index contributed by atoms with van der Waals surface area (Å²) in [6.07, 6.45) is 7.49. The van der Waals surface area contributed by atoms with Crippen LogP contribution in [-0.4, -0.2) is 46.7 Å². The number of para-hydroxylation sites is 1. The van der Waals surface area contributed by atoms with Crippen molar-refractivity contribution in [1.29, 1.82) is 0 Å². The smallest absolute Gasteiger partial charge is 0.323 e. The van der Waals surface area contributed by atoms with E-state index in [4.69, 9.17) is 4.74 Å². The summed E-state index contributed by atoms with van der Waals surface area (Å²) in [6, 6.07) is 17.2. The number of fused-ring (bicyclic) bond motifs is 1. The van der Waals surface area contributed by atoms with Gasteiger partial charge in [-0.25, -0.2) is 9.78 Å². The molecule has 1 aliphatic heterocycles. The van der Waals surface area contributed by atoms with Gasteiger partial charge in [-0.1, -0.05) is 64.1 Å². The SMILES string of the molecule is C=CCCCn1c(=O)c(NC(=O)Nc2c(C(C)C)cccc2C(C)C)c(-c2cccc(OCCN3CCCC3)c2)c2cccnc21. The molecule has 0 bridgehead atoms. The Morgan fingerprint density at radius 2 is 1.65 bits per heavy atom. The van der Waals surface area contributed by atoms with E-state index in [2.05, 4.69) is 54.8 Å². The molecule has 242 valence electrons. The van der Waals surface area contributed by atoms with E-state index in [1.807, 2.05) is 60.7 Å². The molecule has 0 unspecified atom stereocenters. The minimum Gasteiger partial charge on any atom is -0.492 e. The predicted molar refractivity (Wildman–Crippen MR) is 189 cm³/mol. The van der Waals surface area contributed by atoms with Crippen LogP contribution in [0.4, 0.5) is 16.2 Å². The van der Waals surface area contributed by atoms with Crippen LogP contribution in [-0.2, 0) is 6.54 Å². The van der Waals surface area contributed by atoms with Gasteiger partial charge in [0.05, 0.1) is 0 Å². The van der Waals surface area contributed by atoms with Crippen LogP contribution in [0.25, 0.3) is 22.2 Å². The number of allylic oxidation sites excluding steroid dienone is 1. The number of aryl methyl sites for hydroxylation is 1. The second-order valence-corrected chi connectivity index (χ2v) is 12.6. The zero-order valence-electron chi connectivity index (χ0n) is 27.6. The third-order valence-electron chi connectivity index (χ3n) is 8.66. The number of unbranched alkanes of at least 4 members (excludes halogenated alkanes) is 1. The molecule has 4 aromatic rings. The van der Waals surface area contributed by atoms with Gasteiger partial charge in [-0.3, -0.25) is 14.3 Å². The van der Waals surface area contributed by atoms with Gasteiger partial charge in [0.25, 0.3) is 5.56 Å². The normalized spacial score (nSPS) is 13.4. The fraction of sp³-hybridized carbons (Fsp3) is 0.395. The molecule has 0 aliphatic carbocycles. The van der Waals surface area contributed by atoms with E-state index in [9.17, 15) is 9.59 Å². The molecule has 2 N–H and O–H groups in total. The van der Waals surface area contributed by atoms with Gasteiger partial charge in [0.15, 0.2) is 0 Å². The summed E-state index contributed by atoms with van der Waals surface area (Å²) in [7, 11) is 0. The van der Waals surface area contributed by atoms with Crippen LogP contribution >= 0.6 is 0 Å². The highest BCUT2D eigenvalue weighted by Crippen LogP contribution is 2.36. The molecule has 3 heterocycles. The number of rotatable bonds is 13. The maximum atomic E-state index is 14.3. The molecule has 0 atom stereocenters. The van der Waals surface area contributed by atoms with Crippen LogP contribution in [0.15, 0.2) is 78.2 Å². The van der Waals surface area contributed by atoms with Gasteiger partial charge >= 0.3 is 6.03 Å². The maximum absolute atomic E-state index is 14.3. The van der Waals surface area contributed by atoms with Crippen molar-refractivity contribution in [2.24, 2.45) is 0 Å². The average molecular weight is 622 g/mol. The van der Waals surface area contributed by atoms with Crippen LogP contribution < -0.4 is 20.9 Å². The van der Waals surface area contributed by atoms with Gasteiger partial charge in [-0.15, -0.1) is 6.58 Å². The van der Waals surface area contributed by atoms with Crippen LogP contribution in [0.1, 0.15) is 76.3 Å². The number of nitrogens with one attached hydrogen (secondary N) is 2. The summed E-state index contributed by atoms with van der Waals surface area (Å²) in [5, 5.41) is 6.90. The van der Waals surface area contributed by atoms with Crippen LogP contribution in [0, 0.1) is 0 Å².